The zero-order chi connectivity index (χ0) is 9.73. The van der Waals surface area contributed by atoms with Crippen molar-refractivity contribution in [3.05, 3.63) is 42.6 Å². The van der Waals surface area contributed by atoms with E-state index in [-0.39, 0.29) is 0 Å². The Balaban J connectivity index is 2.95. The van der Waals surface area contributed by atoms with Crippen LogP contribution in [0.5, 0.6) is 0 Å². The Bertz CT molecular complexity index is 271. The molecule has 0 nitrogen and oxygen atoms in total. The molecule has 0 fully saturated rings. The zero-order valence-electron chi connectivity index (χ0n) is 7.96. The summed E-state index contributed by atoms with van der Waals surface area (Å²) in [4.78, 5) is 0. The summed E-state index contributed by atoms with van der Waals surface area (Å²) in [5, 5.41) is 0.840. The molecule has 0 N–H and O–H groups in total. The van der Waals surface area contributed by atoms with E-state index in [1.165, 1.54) is 5.70 Å². The number of rotatable bonds is 4. The predicted octanol–water partition coefficient (Wildman–Crippen LogP) is 2.94. The Morgan fingerprint density at radius 1 is 1.38 bits per heavy atom. The first-order chi connectivity index (χ1) is 6.23. The van der Waals surface area contributed by atoms with E-state index in [0.717, 1.165) is 11.6 Å². The highest BCUT2D eigenvalue weighted by Crippen LogP contribution is 2.15. The molecule has 0 spiro atoms. The molecule has 0 aliphatic heterocycles. The molecule has 1 aromatic rings. The normalized spacial score (nSPS) is 14.9. The highest BCUT2D eigenvalue weighted by Gasteiger charge is 2.31. The molecule has 0 saturated carbocycles. The van der Waals surface area contributed by atoms with Crippen LogP contribution in [0.1, 0.15) is 13.3 Å². The Kier molecular flexibility index (Phi) is 3.43. The van der Waals surface area contributed by atoms with E-state index in [2.05, 4.69) is 6.58 Å². The molecule has 2 heteroatoms. The Labute approximate surface area is 80.3 Å². The third-order valence-corrected chi connectivity index (χ3v) is 5.36. The van der Waals surface area contributed by atoms with Gasteiger partial charge in [0.05, 0.1) is 0 Å². The topological polar surface area (TPSA) is 0 Å². The van der Waals surface area contributed by atoms with Gasteiger partial charge in [0.15, 0.2) is 0 Å². The van der Waals surface area contributed by atoms with Crippen LogP contribution in [-0.4, -0.2) is 8.41 Å². The van der Waals surface area contributed by atoms with Crippen LogP contribution < -0.4 is 5.19 Å². The summed E-state index contributed by atoms with van der Waals surface area (Å²) < 4.78 is 14.3. The standard InChI is InChI=1S/C11H15FSi/c1-3-10-13(12,4-2)11-8-6-5-7-9-11/h4-9H,2-3,10H2,1H3. The molecule has 0 aliphatic carbocycles. The summed E-state index contributed by atoms with van der Waals surface area (Å²) >= 11 is 0. The van der Waals surface area contributed by atoms with Gasteiger partial charge in [-0.2, -0.15) is 0 Å². The maximum absolute atomic E-state index is 14.3. The molecule has 0 aliphatic rings. The fourth-order valence-corrected chi connectivity index (χ4v) is 3.65. The molecule has 0 saturated heterocycles. The van der Waals surface area contributed by atoms with Crippen molar-refractivity contribution in [3.63, 3.8) is 0 Å². The maximum Gasteiger partial charge on any atom is 0.300 e. The molecule has 1 rings (SSSR count). The SMILES string of the molecule is C=C[Si](F)(CCC)c1ccccc1. The van der Waals surface area contributed by atoms with Crippen molar-refractivity contribution >= 4 is 13.6 Å². The molecule has 0 radical (unpaired) electrons. The van der Waals surface area contributed by atoms with E-state index in [0.29, 0.717) is 6.04 Å². The van der Waals surface area contributed by atoms with Crippen LogP contribution in [0.25, 0.3) is 0 Å². The van der Waals surface area contributed by atoms with Gasteiger partial charge in [-0.05, 0) is 11.2 Å². The van der Waals surface area contributed by atoms with Crippen LogP contribution in [0.15, 0.2) is 42.6 Å². The lowest BCUT2D eigenvalue weighted by Crippen LogP contribution is -2.41. The van der Waals surface area contributed by atoms with Gasteiger partial charge in [0, 0.05) is 0 Å². The van der Waals surface area contributed by atoms with Crippen molar-refractivity contribution in [3.8, 4) is 0 Å². The second kappa shape index (κ2) is 4.37. The number of benzene rings is 1. The van der Waals surface area contributed by atoms with Crippen molar-refractivity contribution < 1.29 is 4.11 Å². The van der Waals surface area contributed by atoms with Crippen molar-refractivity contribution in [2.24, 2.45) is 0 Å². The van der Waals surface area contributed by atoms with E-state index in [4.69, 9.17) is 0 Å². The fourth-order valence-electron chi connectivity index (χ4n) is 1.44. The second-order valence-electron chi connectivity index (χ2n) is 3.18. The summed E-state index contributed by atoms with van der Waals surface area (Å²) in [5.41, 5.74) is 1.53. The summed E-state index contributed by atoms with van der Waals surface area (Å²) in [5.74, 6) is 0. The van der Waals surface area contributed by atoms with E-state index < -0.39 is 8.41 Å². The van der Waals surface area contributed by atoms with Crippen LogP contribution in [-0.2, 0) is 0 Å². The smallest absolute Gasteiger partial charge is 0.300 e. The van der Waals surface area contributed by atoms with Crippen LogP contribution in [0.2, 0.25) is 6.04 Å². The van der Waals surface area contributed by atoms with Gasteiger partial charge in [-0.1, -0.05) is 49.4 Å². The van der Waals surface area contributed by atoms with E-state index in [1.807, 2.05) is 37.3 Å². The third kappa shape index (κ3) is 2.28. The van der Waals surface area contributed by atoms with Gasteiger partial charge in [-0.25, -0.2) is 0 Å². The van der Waals surface area contributed by atoms with Gasteiger partial charge >= 0.3 is 8.41 Å². The molecular formula is C11H15FSi. The highest BCUT2D eigenvalue weighted by molar-refractivity contribution is 6.90. The molecule has 0 amide bonds. The van der Waals surface area contributed by atoms with Crippen molar-refractivity contribution in [1.82, 2.24) is 0 Å². The third-order valence-electron chi connectivity index (χ3n) is 2.19. The fraction of sp³-hybridized carbons (Fsp3) is 0.273. The molecule has 0 heterocycles. The number of hydrogen-bond donors (Lipinski definition) is 0. The van der Waals surface area contributed by atoms with E-state index in [1.54, 1.807) is 0 Å². The van der Waals surface area contributed by atoms with Crippen LogP contribution in [0.3, 0.4) is 0 Å². The van der Waals surface area contributed by atoms with Gasteiger partial charge in [0.2, 0.25) is 0 Å². The lowest BCUT2D eigenvalue weighted by molar-refractivity contribution is 0.796. The van der Waals surface area contributed by atoms with Crippen LogP contribution in [0, 0.1) is 0 Å². The van der Waals surface area contributed by atoms with Crippen LogP contribution >= 0.6 is 0 Å². The van der Waals surface area contributed by atoms with E-state index >= 15 is 0 Å². The molecule has 13 heavy (non-hydrogen) atoms. The molecule has 1 aromatic carbocycles. The first-order valence-electron chi connectivity index (χ1n) is 4.61. The van der Waals surface area contributed by atoms with Crippen molar-refractivity contribution in [2.45, 2.75) is 19.4 Å². The molecule has 0 aromatic heterocycles. The minimum atomic E-state index is -2.84. The largest absolute Gasteiger partial charge is 0.302 e. The lowest BCUT2D eigenvalue weighted by atomic mass is 10.4. The number of halogens is 1. The lowest BCUT2D eigenvalue weighted by Gasteiger charge is -2.17. The molecule has 1 unspecified atom stereocenters. The van der Waals surface area contributed by atoms with Gasteiger partial charge in [0.25, 0.3) is 0 Å². The van der Waals surface area contributed by atoms with E-state index in [9.17, 15) is 4.11 Å². The Hall–Kier alpha value is -0.893. The maximum atomic E-state index is 14.3. The van der Waals surface area contributed by atoms with Gasteiger partial charge in [-0.3, -0.25) is 0 Å². The summed E-state index contributed by atoms with van der Waals surface area (Å²) in [6.45, 7) is 5.62. The molecule has 0 bridgehead atoms. The van der Waals surface area contributed by atoms with Crippen molar-refractivity contribution in [2.75, 3.05) is 0 Å². The summed E-state index contributed by atoms with van der Waals surface area (Å²) in [7, 11) is -2.84. The highest BCUT2D eigenvalue weighted by atomic mass is 28.4. The number of hydrogen-bond acceptors (Lipinski definition) is 0. The minimum absolute atomic E-state index is 0.639. The first-order valence-corrected chi connectivity index (χ1v) is 6.77. The average molecular weight is 194 g/mol. The molecular weight excluding hydrogens is 179 g/mol. The molecule has 1 atom stereocenters. The summed E-state index contributed by atoms with van der Waals surface area (Å²) in [6.07, 6.45) is 0.879. The monoisotopic (exact) mass is 194 g/mol. The van der Waals surface area contributed by atoms with Gasteiger partial charge in [-0.15, -0.1) is 6.58 Å². The molecule has 70 valence electrons. The zero-order valence-corrected chi connectivity index (χ0v) is 8.96. The Morgan fingerprint density at radius 2 is 2.00 bits per heavy atom. The van der Waals surface area contributed by atoms with Gasteiger partial charge in [0.1, 0.15) is 0 Å². The quantitative estimate of drug-likeness (QED) is 0.510. The second-order valence-corrected chi connectivity index (χ2v) is 6.39. The Morgan fingerprint density at radius 3 is 2.46 bits per heavy atom. The first kappa shape index (κ1) is 10.2. The van der Waals surface area contributed by atoms with Crippen molar-refractivity contribution in [1.29, 1.82) is 0 Å². The van der Waals surface area contributed by atoms with Crippen LogP contribution in [0.4, 0.5) is 4.11 Å². The predicted molar refractivity (Wildman–Crippen MR) is 58.2 cm³/mol. The summed E-state index contributed by atoms with van der Waals surface area (Å²) in [6, 6.07) is 10.0. The average Bonchev–Trinajstić information content (AvgIpc) is 2.19. The minimum Gasteiger partial charge on any atom is -0.302 e. The van der Waals surface area contributed by atoms with Gasteiger partial charge < -0.3 is 4.11 Å².